The zero-order chi connectivity index (χ0) is 13.0. The van der Waals surface area contributed by atoms with Crippen molar-refractivity contribution in [3.8, 4) is 0 Å². The molecule has 0 aromatic heterocycles. The fourth-order valence-corrected chi connectivity index (χ4v) is 2.11. The molecule has 0 fully saturated rings. The maximum absolute atomic E-state index is 13.0. The van der Waals surface area contributed by atoms with E-state index in [0.29, 0.717) is 18.0 Å². The lowest BCUT2D eigenvalue weighted by atomic mass is 9.94. The third kappa shape index (κ3) is 4.64. The molecule has 0 aliphatic rings. The van der Waals surface area contributed by atoms with Gasteiger partial charge in [0, 0.05) is 12.1 Å². The molecule has 1 rings (SSSR count). The van der Waals surface area contributed by atoms with Gasteiger partial charge in [0.2, 0.25) is 0 Å². The summed E-state index contributed by atoms with van der Waals surface area (Å²) in [5.41, 5.74) is 1.08. The number of benzene rings is 1. The van der Waals surface area contributed by atoms with E-state index in [0.717, 1.165) is 12.0 Å². The second kappa shape index (κ2) is 6.36. The molecule has 1 aromatic carbocycles. The topological polar surface area (TPSA) is 12.0 Å². The summed E-state index contributed by atoms with van der Waals surface area (Å²) in [5, 5.41) is 3.69. The van der Waals surface area contributed by atoms with Crippen LogP contribution < -0.4 is 5.32 Å². The summed E-state index contributed by atoms with van der Waals surface area (Å²) in [5.74, 6) is 0.135. The monoisotopic (exact) mass is 257 g/mol. The van der Waals surface area contributed by atoms with Crippen molar-refractivity contribution in [1.29, 1.82) is 0 Å². The average molecular weight is 258 g/mol. The van der Waals surface area contributed by atoms with Crippen molar-refractivity contribution in [3.63, 3.8) is 0 Å². The summed E-state index contributed by atoms with van der Waals surface area (Å²) in [6.07, 6.45) is 0.904. The van der Waals surface area contributed by atoms with E-state index in [1.165, 1.54) is 6.07 Å². The number of nitrogens with one attached hydrogen (secondary N) is 1. The highest BCUT2D eigenvalue weighted by atomic mass is 35.5. The van der Waals surface area contributed by atoms with Crippen LogP contribution in [0.3, 0.4) is 0 Å². The van der Waals surface area contributed by atoms with Gasteiger partial charge in [0.05, 0.1) is 5.02 Å². The molecule has 0 radical (unpaired) electrons. The summed E-state index contributed by atoms with van der Waals surface area (Å²) in [7, 11) is 0. The Hall–Kier alpha value is -0.600. The van der Waals surface area contributed by atoms with Crippen LogP contribution in [-0.2, 0) is 6.42 Å². The highest BCUT2D eigenvalue weighted by molar-refractivity contribution is 6.30. The fourth-order valence-electron chi connectivity index (χ4n) is 1.91. The molecule has 0 bridgehead atoms. The van der Waals surface area contributed by atoms with Gasteiger partial charge in [-0.3, -0.25) is 0 Å². The molecule has 0 heterocycles. The van der Waals surface area contributed by atoms with E-state index < -0.39 is 0 Å². The molecular weight excluding hydrogens is 237 g/mol. The van der Waals surface area contributed by atoms with Gasteiger partial charge in [0.1, 0.15) is 5.82 Å². The van der Waals surface area contributed by atoms with E-state index in [1.807, 2.05) is 0 Å². The van der Waals surface area contributed by atoms with Crippen molar-refractivity contribution >= 4 is 11.6 Å². The van der Waals surface area contributed by atoms with E-state index >= 15 is 0 Å². The Bertz CT molecular complexity index is 365. The van der Waals surface area contributed by atoms with E-state index in [4.69, 9.17) is 11.6 Å². The molecule has 17 heavy (non-hydrogen) atoms. The molecule has 0 saturated carbocycles. The molecule has 2 unspecified atom stereocenters. The van der Waals surface area contributed by atoms with Crippen LogP contribution in [0, 0.1) is 11.7 Å². The molecular formula is C14H21ClFN. The van der Waals surface area contributed by atoms with Crippen LogP contribution in [0.5, 0.6) is 0 Å². The molecule has 2 atom stereocenters. The quantitative estimate of drug-likeness (QED) is 0.839. The number of rotatable bonds is 5. The van der Waals surface area contributed by atoms with Crippen LogP contribution in [0.1, 0.15) is 33.3 Å². The van der Waals surface area contributed by atoms with Crippen molar-refractivity contribution < 1.29 is 4.39 Å². The van der Waals surface area contributed by atoms with E-state index in [2.05, 4.69) is 33.0 Å². The van der Waals surface area contributed by atoms with E-state index in [1.54, 1.807) is 12.1 Å². The molecule has 1 N–H and O–H groups in total. The van der Waals surface area contributed by atoms with Crippen molar-refractivity contribution in [2.24, 2.45) is 5.92 Å². The zero-order valence-electron chi connectivity index (χ0n) is 10.9. The van der Waals surface area contributed by atoms with Crippen molar-refractivity contribution in [1.82, 2.24) is 5.32 Å². The molecule has 0 amide bonds. The summed E-state index contributed by atoms with van der Waals surface area (Å²) in [6.45, 7) is 8.64. The Balaban J connectivity index is 2.61. The largest absolute Gasteiger partial charge is 0.312 e. The number of halogens is 2. The lowest BCUT2D eigenvalue weighted by molar-refractivity contribution is 0.372. The molecule has 96 valence electrons. The van der Waals surface area contributed by atoms with Crippen LogP contribution in [0.4, 0.5) is 4.39 Å². The van der Waals surface area contributed by atoms with Gasteiger partial charge >= 0.3 is 0 Å². The first-order valence-electron chi connectivity index (χ1n) is 6.10. The average Bonchev–Trinajstić information content (AvgIpc) is 2.22. The van der Waals surface area contributed by atoms with Crippen LogP contribution in [0.15, 0.2) is 18.2 Å². The van der Waals surface area contributed by atoms with Crippen molar-refractivity contribution in [3.05, 3.63) is 34.6 Å². The molecule has 0 aliphatic carbocycles. The van der Waals surface area contributed by atoms with Crippen LogP contribution in [-0.4, -0.2) is 12.1 Å². The smallest absolute Gasteiger partial charge is 0.141 e. The minimum Gasteiger partial charge on any atom is -0.312 e. The van der Waals surface area contributed by atoms with E-state index in [-0.39, 0.29) is 10.8 Å². The molecule has 1 nitrogen and oxygen atoms in total. The Morgan fingerprint density at radius 2 is 1.88 bits per heavy atom. The predicted octanol–water partition coefficient (Wildman–Crippen LogP) is 4.04. The van der Waals surface area contributed by atoms with Crippen LogP contribution in [0.2, 0.25) is 5.02 Å². The first-order valence-corrected chi connectivity index (χ1v) is 6.48. The second-order valence-electron chi connectivity index (χ2n) is 5.04. The van der Waals surface area contributed by atoms with Gasteiger partial charge in [-0.2, -0.15) is 0 Å². The lowest BCUT2D eigenvalue weighted by Gasteiger charge is -2.23. The van der Waals surface area contributed by atoms with Gasteiger partial charge in [-0.1, -0.05) is 38.4 Å². The van der Waals surface area contributed by atoms with Gasteiger partial charge in [0.15, 0.2) is 0 Å². The van der Waals surface area contributed by atoms with Gasteiger partial charge in [0.25, 0.3) is 0 Å². The Morgan fingerprint density at radius 1 is 1.24 bits per heavy atom. The standard InChI is InChI=1S/C14H21ClFN/c1-9(2)17-11(4)10(3)7-12-5-6-14(16)13(15)8-12/h5-6,8-11,17H,7H2,1-4H3. The molecule has 0 aliphatic heterocycles. The Morgan fingerprint density at radius 3 is 2.41 bits per heavy atom. The third-order valence-corrected chi connectivity index (χ3v) is 3.28. The first kappa shape index (κ1) is 14.5. The second-order valence-corrected chi connectivity index (χ2v) is 5.45. The molecule has 3 heteroatoms. The third-order valence-electron chi connectivity index (χ3n) is 2.99. The summed E-state index contributed by atoms with van der Waals surface area (Å²) in [6, 6.07) is 5.86. The van der Waals surface area contributed by atoms with Gasteiger partial charge in [-0.25, -0.2) is 4.39 Å². The summed E-state index contributed by atoms with van der Waals surface area (Å²) < 4.78 is 13.0. The van der Waals surface area contributed by atoms with Crippen LogP contribution >= 0.6 is 11.6 Å². The molecule has 1 aromatic rings. The maximum atomic E-state index is 13.0. The normalized spacial score (nSPS) is 15.0. The Labute approximate surface area is 108 Å². The summed E-state index contributed by atoms with van der Waals surface area (Å²) in [4.78, 5) is 0. The van der Waals surface area contributed by atoms with E-state index in [9.17, 15) is 4.39 Å². The first-order chi connectivity index (χ1) is 7.90. The van der Waals surface area contributed by atoms with Crippen LogP contribution in [0.25, 0.3) is 0 Å². The van der Waals surface area contributed by atoms with Gasteiger partial charge < -0.3 is 5.32 Å². The number of hydrogen-bond acceptors (Lipinski definition) is 1. The summed E-state index contributed by atoms with van der Waals surface area (Å²) >= 11 is 5.77. The molecule has 0 saturated heterocycles. The highest BCUT2D eigenvalue weighted by Gasteiger charge is 2.14. The maximum Gasteiger partial charge on any atom is 0.141 e. The van der Waals surface area contributed by atoms with Crippen molar-refractivity contribution in [2.75, 3.05) is 0 Å². The fraction of sp³-hybridized carbons (Fsp3) is 0.571. The van der Waals surface area contributed by atoms with Crippen molar-refractivity contribution in [2.45, 2.75) is 46.2 Å². The lowest BCUT2D eigenvalue weighted by Crippen LogP contribution is -2.37. The van der Waals surface area contributed by atoms with Gasteiger partial charge in [-0.15, -0.1) is 0 Å². The molecule has 0 spiro atoms. The number of hydrogen-bond donors (Lipinski definition) is 1. The zero-order valence-corrected chi connectivity index (χ0v) is 11.7. The highest BCUT2D eigenvalue weighted by Crippen LogP contribution is 2.19. The Kier molecular flexibility index (Phi) is 5.41. The predicted molar refractivity (Wildman–Crippen MR) is 72.0 cm³/mol. The minimum atomic E-state index is -0.351. The SMILES string of the molecule is CC(C)NC(C)C(C)Cc1ccc(F)c(Cl)c1. The van der Waals surface area contributed by atoms with Gasteiger partial charge in [-0.05, 0) is 37.0 Å². The minimum absolute atomic E-state index is 0.208.